The van der Waals surface area contributed by atoms with Crippen molar-refractivity contribution in [1.29, 1.82) is 0 Å². The lowest BCUT2D eigenvalue weighted by Crippen LogP contribution is -2.29. The molecular weight excluding hydrogens is 645 g/mol. The van der Waals surface area contributed by atoms with Crippen molar-refractivity contribution < 1.29 is 9.53 Å². The molecule has 3 fully saturated rings. The van der Waals surface area contributed by atoms with Crippen molar-refractivity contribution in [2.75, 3.05) is 0 Å². The Morgan fingerprint density at radius 2 is 1.66 bits per heavy atom. The maximum absolute atomic E-state index is 13.0. The molecule has 3 saturated carbocycles. The molecule has 286 valence electrons. The van der Waals surface area contributed by atoms with Gasteiger partial charge in [-0.2, -0.15) is 0 Å². The van der Waals surface area contributed by atoms with Gasteiger partial charge >= 0.3 is 0 Å². The highest BCUT2D eigenvalue weighted by molar-refractivity contribution is 5.95. The molecule has 0 spiro atoms. The number of carbonyl (C=O) groups excluding carboxylic acids is 1. The number of benzene rings is 2. The van der Waals surface area contributed by atoms with Gasteiger partial charge in [0.25, 0.3) is 0 Å². The fraction of sp³-hybridized carbons (Fsp3) is 0.588. The minimum Gasteiger partial charge on any atom is -0.489 e. The normalized spacial score (nSPS) is 26.5. The highest BCUT2D eigenvalue weighted by Gasteiger charge is 2.56. The van der Waals surface area contributed by atoms with Crippen molar-refractivity contribution >= 4 is 22.1 Å². The second kappa shape index (κ2) is 15.5. The van der Waals surface area contributed by atoms with E-state index in [0.29, 0.717) is 23.5 Å². The van der Waals surface area contributed by atoms with Crippen molar-refractivity contribution in [1.82, 2.24) is 0 Å². The molecule has 0 aliphatic heterocycles. The molecule has 6 rings (SSSR count). The van der Waals surface area contributed by atoms with Crippen molar-refractivity contribution in [3.8, 4) is 5.75 Å². The molecule has 6 atom stereocenters. The van der Waals surface area contributed by atoms with Gasteiger partial charge in [0, 0.05) is 10.8 Å². The molecule has 2 nitrogen and oxygen atoms in total. The molecule has 0 amide bonds. The minimum absolute atomic E-state index is 0.0501. The molecule has 0 heterocycles. The molecular formula is C51H70O2. The summed E-state index contributed by atoms with van der Waals surface area (Å²) in [7, 11) is 0. The maximum atomic E-state index is 13.0. The van der Waals surface area contributed by atoms with Crippen molar-refractivity contribution in [2.45, 2.75) is 145 Å². The Bertz CT molecular complexity index is 1820. The van der Waals surface area contributed by atoms with Gasteiger partial charge in [-0.3, -0.25) is 4.79 Å². The molecule has 0 saturated heterocycles. The average molecular weight is 715 g/mol. The van der Waals surface area contributed by atoms with E-state index in [2.05, 4.69) is 98.4 Å². The zero-order chi connectivity index (χ0) is 38.4. The van der Waals surface area contributed by atoms with Crippen LogP contribution in [0.4, 0.5) is 0 Å². The van der Waals surface area contributed by atoms with Gasteiger partial charge in [-0.15, -0.1) is 0 Å². The number of hydrogen-bond acceptors (Lipinski definition) is 2. The number of hydrogen-bond donors (Lipinski definition) is 0. The predicted molar refractivity (Wildman–Crippen MR) is 227 cm³/mol. The first kappa shape index (κ1) is 39.6. The van der Waals surface area contributed by atoms with Crippen LogP contribution in [0.1, 0.15) is 142 Å². The fourth-order valence-corrected chi connectivity index (χ4v) is 10.8. The van der Waals surface area contributed by atoms with E-state index in [4.69, 9.17) is 17.9 Å². The van der Waals surface area contributed by atoms with Crippen LogP contribution < -0.4 is 4.74 Å². The first-order chi connectivity index (χ1) is 25.0. The molecule has 53 heavy (non-hydrogen) atoms. The predicted octanol–water partition coefficient (Wildman–Crippen LogP) is 14.3. The number of fused-ring (bicyclic) bond motifs is 1. The first-order valence-corrected chi connectivity index (χ1v) is 21.1. The smallest absolute Gasteiger partial charge is 0.136 e. The monoisotopic (exact) mass is 715 g/mol. The Balaban J connectivity index is 1.28. The molecule has 2 heteroatoms. The molecule has 2 aromatic carbocycles. The van der Waals surface area contributed by atoms with Crippen LogP contribution in [0.25, 0.3) is 16.3 Å². The molecule has 6 unspecified atom stereocenters. The Kier molecular flexibility index (Phi) is 11.6. The molecule has 0 radical (unpaired) electrons. The summed E-state index contributed by atoms with van der Waals surface area (Å²) in [6.07, 6.45) is 18.3. The largest absolute Gasteiger partial charge is 0.489 e. The Labute approximate surface area is 323 Å². The quantitative estimate of drug-likeness (QED) is 0.172. The summed E-state index contributed by atoms with van der Waals surface area (Å²) < 4.78 is 7.22. The number of aryl methyl sites for hydroxylation is 2. The van der Waals surface area contributed by atoms with Crippen molar-refractivity contribution in [2.24, 2.45) is 46.3 Å². The van der Waals surface area contributed by atoms with E-state index in [9.17, 15) is 4.79 Å². The Hall–Kier alpha value is -3.13. The highest BCUT2D eigenvalue weighted by Crippen LogP contribution is 2.59. The maximum Gasteiger partial charge on any atom is 0.136 e. The third kappa shape index (κ3) is 8.58. The van der Waals surface area contributed by atoms with E-state index in [1.165, 1.54) is 81.0 Å². The lowest BCUT2D eigenvalue weighted by Gasteiger charge is -2.38. The third-order valence-electron chi connectivity index (χ3n) is 14.0. The first-order valence-electron chi connectivity index (χ1n) is 21.1. The average Bonchev–Trinajstić information content (AvgIpc) is 3.56. The lowest BCUT2D eigenvalue weighted by molar-refractivity contribution is -0.122. The summed E-state index contributed by atoms with van der Waals surface area (Å²) >= 11 is 0. The second-order valence-electron chi connectivity index (χ2n) is 19.7. The van der Waals surface area contributed by atoms with Gasteiger partial charge in [-0.1, -0.05) is 140 Å². The number of ketones is 1. The zero-order valence-corrected chi connectivity index (χ0v) is 34.9. The van der Waals surface area contributed by atoms with Crippen LogP contribution in [0.15, 0.2) is 78.4 Å². The van der Waals surface area contributed by atoms with Crippen LogP contribution in [0, 0.1) is 60.2 Å². The van der Waals surface area contributed by atoms with E-state index >= 15 is 0 Å². The number of carbonyl (C=O) groups is 1. The number of allylic oxidation sites excluding steroid dienone is 7. The van der Waals surface area contributed by atoms with Gasteiger partial charge in [0.1, 0.15) is 11.5 Å². The molecule has 2 aromatic rings. The zero-order valence-electron chi connectivity index (χ0n) is 34.9. The van der Waals surface area contributed by atoms with E-state index in [-0.39, 0.29) is 28.8 Å². The van der Waals surface area contributed by atoms with Gasteiger partial charge in [-0.25, -0.2) is 0 Å². The summed E-state index contributed by atoms with van der Waals surface area (Å²) in [5.41, 5.74) is 10.4. The summed E-state index contributed by atoms with van der Waals surface area (Å²) in [4.78, 5) is 13.0. The minimum atomic E-state index is -0.234. The number of rotatable bonds is 15. The topological polar surface area (TPSA) is 26.3 Å². The summed E-state index contributed by atoms with van der Waals surface area (Å²) in [5.74, 6) is 4.08. The molecule has 0 N–H and O–H groups in total. The Morgan fingerprint density at radius 3 is 2.28 bits per heavy atom. The second-order valence-corrected chi connectivity index (χ2v) is 19.7. The van der Waals surface area contributed by atoms with Gasteiger partial charge in [0.05, 0.1) is 6.10 Å². The van der Waals surface area contributed by atoms with Gasteiger partial charge in [0.15, 0.2) is 0 Å². The summed E-state index contributed by atoms with van der Waals surface area (Å²) in [6.45, 7) is 34.6. The molecule has 4 aliphatic carbocycles. The van der Waals surface area contributed by atoms with E-state index in [0.717, 1.165) is 63.0 Å². The van der Waals surface area contributed by atoms with Gasteiger partial charge < -0.3 is 4.74 Å². The van der Waals surface area contributed by atoms with Gasteiger partial charge in [0.2, 0.25) is 0 Å². The molecule has 0 bridgehead atoms. The standard InChI is InChI=1S/C51H70O2/c1-31(2)21-40-17-18-41(25-40)42-19-20-44-45(26-42)33(4)24-34(5)49(44)53-43-27-46(35(6)29-51(38(9)52)30-36(51)7)47(28-43)37(8)48(50(10,11)12)23-32(3)22-39-15-13-14-16-39/h18-20,24-26,31,36,39,43,46-48H,3,6,8,13-17,21-23,27-30H2,1-2,4-5,7,9-12H3. The van der Waals surface area contributed by atoms with Crippen LogP contribution in [0.5, 0.6) is 5.75 Å². The number of Topliss-reactive ketones (excluding diaryl/α,β-unsaturated/α-hetero) is 1. The SMILES string of the molecule is C=C(CC1CCCC1)CC(C(=C)C1CC(Oc2c(C)cc(C)c3cc(C4=CCC(CC(C)C)=C4)ccc23)CC1C(=C)CC1(C(C)=O)CC1C)C(C)(C)C. The third-order valence-corrected chi connectivity index (χ3v) is 14.0. The van der Waals surface area contributed by atoms with Gasteiger partial charge in [-0.05, 0) is 147 Å². The highest BCUT2D eigenvalue weighted by atomic mass is 16.5. The summed E-state index contributed by atoms with van der Waals surface area (Å²) in [5, 5.41) is 2.47. The van der Waals surface area contributed by atoms with E-state index in [1.54, 1.807) is 6.92 Å². The molecule has 4 aliphatic rings. The van der Waals surface area contributed by atoms with Crippen molar-refractivity contribution in [3.63, 3.8) is 0 Å². The van der Waals surface area contributed by atoms with Crippen LogP contribution in [0.3, 0.4) is 0 Å². The lowest BCUT2D eigenvalue weighted by atomic mass is 9.67. The van der Waals surface area contributed by atoms with E-state index < -0.39 is 0 Å². The van der Waals surface area contributed by atoms with Crippen LogP contribution >= 0.6 is 0 Å². The van der Waals surface area contributed by atoms with Crippen LogP contribution in [-0.2, 0) is 4.79 Å². The Morgan fingerprint density at radius 1 is 0.981 bits per heavy atom. The number of ether oxygens (including phenoxy) is 1. The summed E-state index contributed by atoms with van der Waals surface area (Å²) in [6, 6.07) is 9.28. The van der Waals surface area contributed by atoms with Crippen LogP contribution in [0.2, 0.25) is 0 Å². The van der Waals surface area contributed by atoms with E-state index in [1.807, 2.05) is 0 Å². The van der Waals surface area contributed by atoms with Crippen molar-refractivity contribution in [3.05, 3.63) is 95.1 Å². The van der Waals surface area contributed by atoms with Crippen LogP contribution in [-0.4, -0.2) is 11.9 Å². The molecule has 0 aromatic heterocycles. The fourth-order valence-electron chi connectivity index (χ4n) is 10.8.